The van der Waals surface area contributed by atoms with E-state index in [1.54, 1.807) is 0 Å². The second-order valence-corrected chi connectivity index (χ2v) is 4.33. The van der Waals surface area contributed by atoms with Crippen molar-refractivity contribution in [2.24, 2.45) is 0 Å². The zero-order valence-electron chi connectivity index (χ0n) is 10.3. The Hall–Kier alpha value is -1.36. The summed E-state index contributed by atoms with van der Waals surface area (Å²) in [6.45, 7) is 9.19. The summed E-state index contributed by atoms with van der Waals surface area (Å²) >= 11 is 0. The third-order valence-corrected chi connectivity index (χ3v) is 3.12. The standard InChI is InChI=1S/C12H19N3O2/c1-3-16-9-8-15-6-4-11(5-7-15)12-13-10(2)14-17-12/h3,11H,1,4-9H2,2H3. The quantitative estimate of drug-likeness (QED) is 0.576. The molecule has 94 valence electrons. The minimum atomic E-state index is 0.424. The highest BCUT2D eigenvalue weighted by atomic mass is 16.5. The van der Waals surface area contributed by atoms with Gasteiger partial charge in [0.2, 0.25) is 5.89 Å². The number of ether oxygens (including phenoxy) is 1. The molecule has 2 rings (SSSR count). The van der Waals surface area contributed by atoms with Gasteiger partial charge in [-0.05, 0) is 32.9 Å². The Labute approximate surface area is 101 Å². The first-order chi connectivity index (χ1) is 8.29. The van der Waals surface area contributed by atoms with E-state index in [1.165, 1.54) is 6.26 Å². The molecule has 0 aliphatic carbocycles. The van der Waals surface area contributed by atoms with Gasteiger partial charge >= 0.3 is 0 Å². The maximum absolute atomic E-state index is 5.22. The summed E-state index contributed by atoms with van der Waals surface area (Å²) in [5.74, 6) is 1.94. The molecule has 1 saturated heterocycles. The van der Waals surface area contributed by atoms with Crippen molar-refractivity contribution in [1.29, 1.82) is 0 Å². The van der Waals surface area contributed by atoms with Gasteiger partial charge in [0, 0.05) is 12.5 Å². The summed E-state index contributed by atoms with van der Waals surface area (Å²) < 4.78 is 10.4. The lowest BCUT2D eigenvalue weighted by Crippen LogP contribution is -2.35. The fraction of sp³-hybridized carbons (Fsp3) is 0.667. The van der Waals surface area contributed by atoms with Crippen LogP contribution in [0.4, 0.5) is 0 Å². The van der Waals surface area contributed by atoms with Crippen LogP contribution in [0.3, 0.4) is 0 Å². The van der Waals surface area contributed by atoms with Crippen LogP contribution in [0.1, 0.15) is 30.5 Å². The van der Waals surface area contributed by atoms with E-state index in [4.69, 9.17) is 9.26 Å². The maximum Gasteiger partial charge on any atom is 0.229 e. The number of hydrogen-bond donors (Lipinski definition) is 0. The third-order valence-electron chi connectivity index (χ3n) is 3.12. The van der Waals surface area contributed by atoms with Gasteiger partial charge in [-0.3, -0.25) is 4.90 Å². The van der Waals surface area contributed by atoms with Gasteiger partial charge in [-0.15, -0.1) is 0 Å². The van der Waals surface area contributed by atoms with Gasteiger partial charge in [-0.1, -0.05) is 11.7 Å². The summed E-state index contributed by atoms with van der Waals surface area (Å²) in [6, 6.07) is 0. The van der Waals surface area contributed by atoms with Crippen molar-refractivity contribution in [2.75, 3.05) is 26.2 Å². The monoisotopic (exact) mass is 237 g/mol. The lowest BCUT2D eigenvalue weighted by molar-refractivity contribution is 0.145. The average molecular weight is 237 g/mol. The van der Waals surface area contributed by atoms with Crippen molar-refractivity contribution in [2.45, 2.75) is 25.7 Å². The molecule has 0 aromatic carbocycles. The summed E-state index contributed by atoms with van der Waals surface area (Å²) in [5.41, 5.74) is 0. The SMILES string of the molecule is C=COCCN1CCC(c2nc(C)no2)CC1. The molecule has 0 N–H and O–H groups in total. The van der Waals surface area contributed by atoms with Crippen molar-refractivity contribution in [3.8, 4) is 0 Å². The van der Waals surface area contributed by atoms with Crippen molar-refractivity contribution in [1.82, 2.24) is 15.0 Å². The molecule has 1 fully saturated rings. The average Bonchev–Trinajstić information content (AvgIpc) is 2.77. The molecule has 0 atom stereocenters. The van der Waals surface area contributed by atoms with Crippen molar-refractivity contribution in [3.63, 3.8) is 0 Å². The number of rotatable bonds is 5. The van der Waals surface area contributed by atoms with E-state index in [-0.39, 0.29) is 0 Å². The van der Waals surface area contributed by atoms with Crippen LogP contribution < -0.4 is 0 Å². The highest BCUT2D eigenvalue weighted by Gasteiger charge is 2.24. The first-order valence-electron chi connectivity index (χ1n) is 6.04. The second kappa shape index (κ2) is 5.82. The Morgan fingerprint density at radius 1 is 1.53 bits per heavy atom. The highest BCUT2D eigenvalue weighted by molar-refractivity contribution is 4.95. The number of piperidine rings is 1. The second-order valence-electron chi connectivity index (χ2n) is 4.33. The molecule has 0 spiro atoms. The minimum Gasteiger partial charge on any atom is -0.500 e. The maximum atomic E-state index is 5.22. The molecular weight excluding hydrogens is 218 g/mol. The molecule has 5 nitrogen and oxygen atoms in total. The van der Waals surface area contributed by atoms with Crippen molar-refractivity contribution < 1.29 is 9.26 Å². The molecule has 0 amide bonds. The van der Waals surface area contributed by atoms with Gasteiger partial charge in [-0.25, -0.2) is 0 Å². The Morgan fingerprint density at radius 2 is 2.29 bits per heavy atom. The van der Waals surface area contributed by atoms with E-state index in [9.17, 15) is 0 Å². The first kappa shape index (κ1) is 12.1. The number of aromatic nitrogens is 2. The molecule has 5 heteroatoms. The molecular formula is C12H19N3O2. The van der Waals surface area contributed by atoms with E-state index in [2.05, 4.69) is 21.6 Å². The van der Waals surface area contributed by atoms with E-state index in [1.807, 2.05) is 6.92 Å². The molecule has 17 heavy (non-hydrogen) atoms. The fourth-order valence-corrected chi connectivity index (χ4v) is 2.15. The van der Waals surface area contributed by atoms with Crippen LogP contribution in [0.25, 0.3) is 0 Å². The number of aryl methyl sites for hydroxylation is 1. The molecule has 0 unspecified atom stereocenters. The van der Waals surface area contributed by atoms with Crippen LogP contribution in [0.2, 0.25) is 0 Å². The third kappa shape index (κ3) is 3.30. The molecule has 2 heterocycles. The summed E-state index contributed by atoms with van der Waals surface area (Å²) in [7, 11) is 0. The van der Waals surface area contributed by atoms with Gasteiger partial charge in [0.1, 0.15) is 0 Å². The number of hydrogen-bond acceptors (Lipinski definition) is 5. The van der Waals surface area contributed by atoms with Crippen LogP contribution in [-0.2, 0) is 4.74 Å². The van der Waals surface area contributed by atoms with Gasteiger partial charge in [0.25, 0.3) is 0 Å². The van der Waals surface area contributed by atoms with Crippen LogP contribution in [-0.4, -0.2) is 41.3 Å². The van der Waals surface area contributed by atoms with E-state index in [0.29, 0.717) is 12.5 Å². The molecule has 1 aliphatic rings. The molecule has 0 saturated carbocycles. The summed E-state index contributed by atoms with van der Waals surface area (Å²) in [5, 5.41) is 3.84. The van der Waals surface area contributed by atoms with Gasteiger partial charge in [0.05, 0.1) is 12.9 Å². The molecule has 0 bridgehead atoms. The topological polar surface area (TPSA) is 51.4 Å². The Morgan fingerprint density at radius 3 is 2.88 bits per heavy atom. The van der Waals surface area contributed by atoms with Crippen molar-refractivity contribution in [3.05, 3.63) is 24.6 Å². The first-order valence-corrected chi connectivity index (χ1v) is 6.04. The predicted molar refractivity (Wildman–Crippen MR) is 63.6 cm³/mol. The van der Waals surface area contributed by atoms with Crippen LogP contribution in [0.5, 0.6) is 0 Å². The van der Waals surface area contributed by atoms with E-state index >= 15 is 0 Å². The Balaban J connectivity index is 1.76. The van der Waals surface area contributed by atoms with E-state index in [0.717, 1.165) is 44.2 Å². The molecule has 0 radical (unpaired) electrons. The smallest absolute Gasteiger partial charge is 0.229 e. The molecule has 1 aliphatic heterocycles. The van der Waals surface area contributed by atoms with Gasteiger partial charge < -0.3 is 9.26 Å². The normalized spacial score (nSPS) is 18.2. The van der Waals surface area contributed by atoms with Gasteiger partial charge in [0.15, 0.2) is 5.82 Å². The zero-order chi connectivity index (χ0) is 12.1. The van der Waals surface area contributed by atoms with Crippen LogP contribution >= 0.6 is 0 Å². The fourth-order valence-electron chi connectivity index (χ4n) is 2.15. The number of likely N-dealkylation sites (tertiary alicyclic amines) is 1. The largest absolute Gasteiger partial charge is 0.500 e. The van der Waals surface area contributed by atoms with Gasteiger partial charge in [-0.2, -0.15) is 4.98 Å². The highest BCUT2D eigenvalue weighted by Crippen LogP contribution is 2.26. The minimum absolute atomic E-state index is 0.424. The van der Waals surface area contributed by atoms with Crippen molar-refractivity contribution >= 4 is 0 Å². The zero-order valence-corrected chi connectivity index (χ0v) is 10.3. The lowest BCUT2D eigenvalue weighted by Gasteiger charge is -2.29. The van der Waals surface area contributed by atoms with E-state index < -0.39 is 0 Å². The molecule has 1 aromatic rings. The van der Waals surface area contributed by atoms with Crippen LogP contribution in [0, 0.1) is 6.92 Å². The summed E-state index contributed by atoms with van der Waals surface area (Å²) in [6.07, 6.45) is 3.65. The number of nitrogens with zero attached hydrogens (tertiary/aromatic N) is 3. The summed E-state index contributed by atoms with van der Waals surface area (Å²) in [4.78, 5) is 6.69. The lowest BCUT2D eigenvalue weighted by atomic mass is 9.97. The Kier molecular flexibility index (Phi) is 4.14. The Bertz CT molecular complexity index is 356. The predicted octanol–water partition coefficient (Wildman–Crippen LogP) is 1.72. The van der Waals surface area contributed by atoms with Crippen LogP contribution in [0.15, 0.2) is 17.4 Å². The molecule has 1 aromatic heterocycles.